The Morgan fingerprint density at radius 2 is 1.76 bits per heavy atom. The first-order valence-electron chi connectivity index (χ1n) is 14.6. The lowest BCUT2D eigenvalue weighted by Gasteiger charge is -2.21. The minimum atomic E-state index is -0.617. The quantitative estimate of drug-likeness (QED) is 0.203. The molecule has 0 bridgehead atoms. The van der Waals surface area contributed by atoms with Crippen LogP contribution in [0.5, 0.6) is 5.75 Å². The summed E-state index contributed by atoms with van der Waals surface area (Å²) in [7, 11) is 0. The first kappa shape index (κ1) is 30.2. The Kier molecular flexibility index (Phi) is 8.59. The number of carbonyl (C=O) groups is 1. The van der Waals surface area contributed by atoms with E-state index in [0.29, 0.717) is 33.4 Å². The first-order valence-corrected chi connectivity index (χ1v) is 15.5. The van der Waals surface area contributed by atoms with Gasteiger partial charge < -0.3 is 15.8 Å². The molecule has 0 spiro atoms. The summed E-state index contributed by atoms with van der Waals surface area (Å²) in [5.74, 6) is 6.46. The predicted octanol–water partition coefficient (Wildman–Crippen LogP) is 6.16. The molecule has 46 heavy (non-hydrogen) atoms. The average molecular weight is 627 g/mol. The number of hydrogen-bond acceptors (Lipinski definition) is 8. The minimum Gasteiger partial charge on any atom is -0.491 e. The molecule has 3 aromatic heterocycles. The maximum atomic E-state index is 14.3. The van der Waals surface area contributed by atoms with Crippen molar-refractivity contribution in [2.75, 3.05) is 5.73 Å². The van der Waals surface area contributed by atoms with Gasteiger partial charge in [0.15, 0.2) is 11.5 Å². The molecule has 1 atom stereocenters. The summed E-state index contributed by atoms with van der Waals surface area (Å²) in [6, 6.07) is 23.5. The van der Waals surface area contributed by atoms with Crippen LogP contribution in [0.15, 0.2) is 102 Å². The zero-order chi connectivity index (χ0) is 32.2. The van der Waals surface area contributed by atoms with Crippen LogP contribution in [-0.2, 0) is 0 Å². The fraction of sp³-hybridized carbons (Fsp3) is 0.139. The first-order chi connectivity index (χ1) is 22.3. The molecule has 1 unspecified atom stereocenters. The molecule has 0 saturated heterocycles. The highest BCUT2D eigenvalue weighted by atomic mass is 32.1. The third kappa shape index (κ3) is 6.36. The molecule has 3 N–H and O–H groups in total. The highest BCUT2D eigenvalue weighted by molar-refractivity contribution is 7.10. The molecule has 3 aromatic carbocycles. The van der Waals surface area contributed by atoms with E-state index in [4.69, 9.17) is 10.5 Å². The van der Waals surface area contributed by atoms with Gasteiger partial charge in [0.1, 0.15) is 5.75 Å². The highest BCUT2D eigenvalue weighted by Gasteiger charge is 2.22. The number of aromatic nitrogens is 4. The van der Waals surface area contributed by atoms with E-state index in [2.05, 4.69) is 32.1 Å². The van der Waals surface area contributed by atoms with Crippen LogP contribution in [0.3, 0.4) is 0 Å². The van der Waals surface area contributed by atoms with Crippen molar-refractivity contribution < 1.29 is 9.53 Å². The molecule has 0 fully saturated rings. The second kappa shape index (κ2) is 13.1. The molecule has 0 radical (unpaired) electrons. The lowest BCUT2D eigenvalue weighted by atomic mass is 10.0. The van der Waals surface area contributed by atoms with E-state index in [1.807, 2.05) is 99.6 Å². The van der Waals surface area contributed by atoms with E-state index >= 15 is 0 Å². The Hall–Kier alpha value is -5.79. The van der Waals surface area contributed by atoms with Gasteiger partial charge in [-0.25, -0.2) is 9.97 Å². The molecule has 6 rings (SSSR count). The van der Waals surface area contributed by atoms with Crippen LogP contribution in [0.2, 0.25) is 0 Å². The Balaban J connectivity index is 1.37. The van der Waals surface area contributed by atoms with Crippen molar-refractivity contribution in [3.8, 4) is 34.5 Å². The van der Waals surface area contributed by atoms with Gasteiger partial charge in [0.25, 0.3) is 11.5 Å². The van der Waals surface area contributed by atoms with E-state index in [-0.39, 0.29) is 23.2 Å². The molecular weight excluding hydrogens is 597 g/mol. The van der Waals surface area contributed by atoms with Crippen molar-refractivity contribution >= 4 is 33.8 Å². The number of thiazole rings is 1. The number of nitrogens with two attached hydrogens (primary N) is 1. The average Bonchev–Trinajstić information content (AvgIpc) is 3.58. The molecule has 0 aliphatic carbocycles. The van der Waals surface area contributed by atoms with Gasteiger partial charge in [-0.05, 0) is 80.6 Å². The molecule has 10 heteroatoms. The second-order valence-electron chi connectivity index (χ2n) is 10.8. The van der Waals surface area contributed by atoms with E-state index in [1.165, 1.54) is 17.5 Å². The van der Waals surface area contributed by atoms with Crippen LogP contribution in [0.4, 0.5) is 5.82 Å². The van der Waals surface area contributed by atoms with Crippen molar-refractivity contribution in [1.29, 1.82) is 0 Å². The minimum absolute atomic E-state index is 0.00340. The number of amides is 1. The van der Waals surface area contributed by atoms with Gasteiger partial charge in [0.2, 0.25) is 0 Å². The van der Waals surface area contributed by atoms with Crippen LogP contribution in [0, 0.1) is 11.8 Å². The molecule has 0 aliphatic rings. The Morgan fingerprint density at radius 1 is 0.978 bits per heavy atom. The Bertz CT molecular complexity index is 2150. The van der Waals surface area contributed by atoms with Crippen molar-refractivity contribution in [3.63, 3.8) is 0 Å². The van der Waals surface area contributed by atoms with Gasteiger partial charge in [-0.1, -0.05) is 36.3 Å². The zero-order valence-electron chi connectivity index (χ0n) is 25.4. The van der Waals surface area contributed by atoms with Crippen LogP contribution in [0.1, 0.15) is 53.4 Å². The lowest BCUT2D eigenvalue weighted by molar-refractivity contribution is 0.0934. The number of benzene rings is 3. The van der Waals surface area contributed by atoms with Gasteiger partial charge in [-0.15, -0.1) is 11.3 Å². The highest BCUT2D eigenvalue weighted by Crippen LogP contribution is 2.25. The molecule has 0 saturated carbocycles. The fourth-order valence-corrected chi connectivity index (χ4v) is 5.54. The summed E-state index contributed by atoms with van der Waals surface area (Å²) in [6.45, 7) is 5.73. The number of fused-ring (bicyclic) bond motifs is 1. The van der Waals surface area contributed by atoms with E-state index < -0.39 is 11.9 Å². The van der Waals surface area contributed by atoms with Crippen LogP contribution in [0.25, 0.3) is 27.7 Å². The Morgan fingerprint density at radius 3 is 2.48 bits per heavy atom. The molecular formula is C36H30N6O3S. The van der Waals surface area contributed by atoms with Gasteiger partial charge in [-0.3, -0.25) is 19.1 Å². The maximum Gasteiger partial charge on any atom is 0.274 e. The number of nitrogen functional groups attached to an aromatic ring is 1. The SMILES string of the molecule is CC(C)Oc1ccc(-c2cnc(N)c(C(=O)NC(C)c3cc4cccc(C#Cc5cncs5)c4c(=O)n3-c3ccccc3)n2)cc1. The third-order valence-electron chi connectivity index (χ3n) is 7.17. The number of nitrogens with zero attached hydrogens (tertiary/aromatic N) is 4. The summed E-state index contributed by atoms with van der Waals surface area (Å²) < 4.78 is 7.34. The largest absolute Gasteiger partial charge is 0.491 e. The normalized spacial score (nSPS) is 11.6. The number of rotatable bonds is 7. The van der Waals surface area contributed by atoms with Crippen molar-refractivity contribution in [1.82, 2.24) is 24.8 Å². The van der Waals surface area contributed by atoms with Crippen molar-refractivity contribution in [2.45, 2.75) is 32.9 Å². The zero-order valence-corrected chi connectivity index (χ0v) is 26.2. The smallest absolute Gasteiger partial charge is 0.274 e. The molecule has 0 aliphatic heterocycles. The van der Waals surface area contributed by atoms with E-state index in [1.54, 1.807) is 16.3 Å². The topological polar surface area (TPSA) is 125 Å². The van der Waals surface area contributed by atoms with E-state index in [9.17, 15) is 9.59 Å². The van der Waals surface area contributed by atoms with Gasteiger partial charge >= 0.3 is 0 Å². The number of para-hydroxylation sites is 1. The molecule has 3 heterocycles. The fourth-order valence-electron chi connectivity index (χ4n) is 5.07. The van der Waals surface area contributed by atoms with Gasteiger partial charge in [-0.2, -0.15) is 0 Å². The number of ether oxygens (including phenoxy) is 1. The number of pyridine rings is 1. The number of nitrogens with one attached hydrogen (secondary N) is 1. The van der Waals surface area contributed by atoms with Gasteiger partial charge in [0.05, 0.1) is 46.0 Å². The van der Waals surface area contributed by atoms with Crippen LogP contribution >= 0.6 is 11.3 Å². The molecule has 1 amide bonds. The third-order valence-corrected chi connectivity index (χ3v) is 7.86. The number of anilines is 1. The summed E-state index contributed by atoms with van der Waals surface area (Å²) in [5.41, 5.74) is 10.7. The Labute approximate surface area is 269 Å². The maximum absolute atomic E-state index is 14.3. The van der Waals surface area contributed by atoms with E-state index in [0.717, 1.165) is 16.2 Å². The van der Waals surface area contributed by atoms with Gasteiger partial charge in [0, 0.05) is 22.5 Å². The predicted molar refractivity (Wildman–Crippen MR) is 181 cm³/mol. The number of carbonyl (C=O) groups excluding carboxylic acids is 1. The van der Waals surface area contributed by atoms with Crippen LogP contribution in [-0.4, -0.2) is 31.5 Å². The van der Waals surface area contributed by atoms with Crippen molar-refractivity contribution in [2.24, 2.45) is 0 Å². The molecule has 9 nitrogen and oxygen atoms in total. The summed E-state index contributed by atoms with van der Waals surface area (Å²) >= 11 is 1.43. The summed E-state index contributed by atoms with van der Waals surface area (Å²) in [4.78, 5) is 41.6. The number of hydrogen-bond donors (Lipinski definition) is 2. The molecule has 228 valence electrons. The molecule has 6 aromatic rings. The summed E-state index contributed by atoms with van der Waals surface area (Å²) in [5, 5.41) is 4.18. The summed E-state index contributed by atoms with van der Waals surface area (Å²) in [6.07, 6.45) is 3.27. The van der Waals surface area contributed by atoms with Crippen molar-refractivity contribution in [3.05, 3.63) is 129 Å². The lowest BCUT2D eigenvalue weighted by Crippen LogP contribution is -2.33. The van der Waals surface area contributed by atoms with Crippen LogP contribution < -0.4 is 21.3 Å². The second-order valence-corrected chi connectivity index (χ2v) is 11.7. The standard InChI is InChI=1S/C36H30N6O3S/c1-22(2)45-28-15-12-24(13-16-28)30-20-39-34(37)33(41-30)35(43)40-23(3)31-18-26-9-7-8-25(14-17-29-19-38-21-46-29)32(26)36(44)42(31)27-10-5-4-6-11-27/h4-13,15-16,18-23H,1-3H3,(H2,37,39)(H,40,43). The monoisotopic (exact) mass is 626 g/mol.